The van der Waals surface area contributed by atoms with Crippen LogP contribution in [0, 0.1) is 15.9 Å². The number of piperazine rings is 1. The number of nitro groups is 1. The standard InChI is InChI=1S/C16H16FN3O4/c17-13-3-1-12(2-4-13)16(21)19-9-7-18(8-10-19)11-14-5-6-15(24-14)20(22)23/h1-6H,7-11H2. The molecule has 0 N–H and O–H groups in total. The lowest BCUT2D eigenvalue weighted by molar-refractivity contribution is -0.402. The summed E-state index contributed by atoms with van der Waals surface area (Å²) >= 11 is 0. The molecular weight excluding hydrogens is 317 g/mol. The Kier molecular flexibility index (Phi) is 4.57. The van der Waals surface area contributed by atoms with Crippen molar-refractivity contribution in [2.45, 2.75) is 6.54 Å². The highest BCUT2D eigenvalue weighted by atomic mass is 19.1. The number of carbonyl (C=O) groups excluding carboxylic acids is 1. The summed E-state index contributed by atoms with van der Waals surface area (Å²) in [6.07, 6.45) is 0. The van der Waals surface area contributed by atoms with Crippen molar-refractivity contribution in [2.75, 3.05) is 26.2 Å². The van der Waals surface area contributed by atoms with Crippen LogP contribution in [0.15, 0.2) is 40.8 Å². The van der Waals surface area contributed by atoms with Crippen molar-refractivity contribution in [3.05, 3.63) is 63.7 Å². The monoisotopic (exact) mass is 333 g/mol. The van der Waals surface area contributed by atoms with Crippen LogP contribution >= 0.6 is 0 Å². The third-order valence-electron chi connectivity index (χ3n) is 3.96. The number of nitrogens with zero attached hydrogens (tertiary/aromatic N) is 3. The fourth-order valence-electron chi connectivity index (χ4n) is 2.65. The van der Waals surface area contributed by atoms with E-state index in [1.807, 2.05) is 0 Å². The Morgan fingerprint density at radius 1 is 1.12 bits per heavy atom. The number of amides is 1. The van der Waals surface area contributed by atoms with Crippen LogP contribution in [0.3, 0.4) is 0 Å². The van der Waals surface area contributed by atoms with Gasteiger partial charge in [-0.15, -0.1) is 0 Å². The Labute approximate surface area is 137 Å². The molecule has 1 fully saturated rings. The summed E-state index contributed by atoms with van der Waals surface area (Å²) in [5.41, 5.74) is 0.464. The zero-order chi connectivity index (χ0) is 17.1. The maximum absolute atomic E-state index is 12.9. The second-order valence-electron chi connectivity index (χ2n) is 5.57. The van der Waals surface area contributed by atoms with Gasteiger partial charge in [-0.25, -0.2) is 4.39 Å². The van der Waals surface area contributed by atoms with E-state index in [1.165, 1.54) is 30.3 Å². The van der Waals surface area contributed by atoms with Crippen LogP contribution in [0.1, 0.15) is 16.1 Å². The number of benzene rings is 1. The van der Waals surface area contributed by atoms with Gasteiger partial charge >= 0.3 is 5.88 Å². The number of furan rings is 1. The van der Waals surface area contributed by atoms with E-state index in [-0.39, 0.29) is 17.6 Å². The first-order valence-corrected chi connectivity index (χ1v) is 7.53. The molecule has 7 nitrogen and oxygen atoms in total. The predicted octanol–water partition coefficient (Wildman–Crippen LogP) is 2.28. The Morgan fingerprint density at radius 3 is 2.38 bits per heavy atom. The van der Waals surface area contributed by atoms with Crippen molar-refractivity contribution in [1.29, 1.82) is 0 Å². The van der Waals surface area contributed by atoms with Crippen molar-refractivity contribution in [2.24, 2.45) is 0 Å². The second-order valence-corrected chi connectivity index (χ2v) is 5.57. The zero-order valence-electron chi connectivity index (χ0n) is 12.9. The molecule has 1 saturated heterocycles. The van der Waals surface area contributed by atoms with Gasteiger partial charge < -0.3 is 9.32 Å². The lowest BCUT2D eigenvalue weighted by atomic mass is 10.1. The van der Waals surface area contributed by atoms with Crippen molar-refractivity contribution < 1.29 is 18.5 Å². The third kappa shape index (κ3) is 3.60. The van der Waals surface area contributed by atoms with Gasteiger partial charge in [0.2, 0.25) is 0 Å². The molecule has 0 aliphatic carbocycles. The molecule has 0 atom stereocenters. The van der Waals surface area contributed by atoms with Crippen molar-refractivity contribution in [3.8, 4) is 0 Å². The van der Waals surface area contributed by atoms with E-state index < -0.39 is 4.92 Å². The van der Waals surface area contributed by atoms with E-state index >= 15 is 0 Å². The first-order chi connectivity index (χ1) is 11.5. The van der Waals surface area contributed by atoms with E-state index in [4.69, 9.17) is 4.42 Å². The molecule has 0 saturated carbocycles. The molecule has 0 spiro atoms. The van der Waals surface area contributed by atoms with Crippen LogP contribution in [0.5, 0.6) is 0 Å². The summed E-state index contributed by atoms with van der Waals surface area (Å²) in [4.78, 5) is 26.2. The average Bonchev–Trinajstić information content (AvgIpc) is 3.04. The number of rotatable bonds is 4. The SMILES string of the molecule is O=C(c1ccc(F)cc1)N1CCN(Cc2ccc([N+](=O)[O-])o2)CC1. The maximum Gasteiger partial charge on any atom is 0.433 e. The molecule has 1 aromatic carbocycles. The summed E-state index contributed by atoms with van der Waals surface area (Å²) in [6, 6.07) is 8.43. The number of hydrogen-bond acceptors (Lipinski definition) is 5. The molecule has 1 amide bonds. The molecule has 1 aromatic heterocycles. The van der Waals surface area contributed by atoms with Gasteiger partial charge in [-0.1, -0.05) is 0 Å². The van der Waals surface area contributed by atoms with Crippen molar-refractivity contribution in [3.63, 3.8) is 0 Å². The first-order valence-electron chi connectivity index (χ1n) is 7.53. The number of halogens is 1. The van der Waals surface area contributed by atoms with E-state index in [0.29, 0.717) is 44.0 Å². The van der Waals surface area contributed by atoms with Gasteiger partial charge in [0.25, 0.3) is 5.91 Å². The van der Waals surface area contributed by atoms with Crippen LogP contribution in [0.25, 0.3) is 0 Å². The fraction of sp³-hybridized carbons (Fsp3) is 0.312. The van der Waals surface area contributed by atoms with E-state index in [2.05, 4.69) is 4.90 Å². The Morgan fingerprint density at radius 2 is 1.79 bits per heavy atom. The van der Waals surface area contributed by atoms with Gasteiger partial charge in [0.15, 0.2) is 0 Å². The lowest BCUT2D eigenvalue weighted by Gasteiger charge is -2.34. The van der Waals surface area contributed by atoms with Crippen LogP contribution in [-0.2, 0) is 6.54 Å². The topological polar surface area (TPSA) is 79.8 Å². The van der Waals surface area contributed by atoms with E-state index in [0.717, 1.165) is 0 Å². The molecular formula is C16H16FN3O4. The highest BCUT2D eigenvalue weighted by Crippen LogP contribution is 2.18. The smallest absolute Gasteiger partial charge is 0.404 e. The molecule has 0 bridgehead atoms. The minimum atomic E-state index is -0.567. The van der Waals surface area contributed by atoms with Gasteiger partial charge in [0, 0.05) is 31.7 Å². The minimum Gasteiger partial charge on any atom is -0.404 e. The molecule has 126 valence electrons. The summed E-state index contributed by atoms with van der Waals surface area (Å²) in [5, 5.41) is 10.6. The minimum absolute atomic E-state index is 0.122. The number of carbonyl (C=O) groups is 1. The molecule has 1 aliphatic rings. The summed E-state index contributed by atoms with van der Waals surface area (Å²) in [7, 11) is 0. The maximum atomic E-state index is 12.9. The molecule has 1 aliphatic heterocycles. The third-order valence-corrected chi connectivity index (χ3v) is 3.96. The lowest BCUT2D eigenvalue weighted by Crippen LogP contribution is -2.48. The Bertz CT molecular complexity index is 736. The van der Waals surface area contributed by atoms with Gasteiger partial charge in [-0.3, -0.25) is 19.8 Å². The average molecular weight is 333 g/mol. The number of hydrogen-bond donors (Lipinski definition) is 0. The molecule has 8 heteroatoms. The van der Waals surface area contributed by atoms with Crippen LogP contribution in [-0.4, -0.2) is 46.8 Å². The van der Waals surface area contributed by atoms with Crippen LogP contribution in [0.4, 0.5) is 10.3 Å². The predicted molar refractivity (Wildman–Crippen MR) is 82.9 cm³/mol. The van der Waals surface area contributed by atoms with Gasteiger partial charge in [0.1, 0.15) is 16.5 Å². The van der Waals surface area contributed by atoms with Crippen LogP contribution < -0.4 is 0 Å². The molecule has 2 heterocycles. The zero-order valence-corrected chi connectivity index (χ0v) is 12.9. The molecule has 0 radical (unpaired) electrons. The van der Waals surface area contributed by atoms with E-state index in [1.54, 1.807) is 11.0 Å². The van der Waals surface area contributed by atoms with E-state index in [9.17, 15) is 19.3 Å². The molecule has 3 rings (SSSR count). The normalized spacial score (nSPS) is 15.5. The highest BCUT2D eigenvalue weighted by Gasteiger charge is 2.23. The highest BCUT2D eigenvalue weighted by molar-refractivity contribution is 5.94. The largest absolute Gasteiger partial charge is 0.433 e. The summed E-state index contributed by atoms with van der Waals surface area (Å²) < 4.78 is 18.1. The summed E-state index contributed by atoms with van der Waals surface area (Å²) in [5.74, 6) is -0.234. The quantitative estimate of drug-likeness (QED) is 0.633. The molecule has 24 heavy (non-hydrogen) atoms. The van der Waals surface area contributed by atoms with Gasteiger partial charge in [-0.2, -0.15) is 0 Å². The van der Waals surface area contributed by atoms with Crippen molar-refractivity contribution >= 4 is 11.8 Å². The Balaban J connectivity index is 1.54. The van der Waals surface area contributed by atoms with Gasteiger partial charge in [-0.05, 0) is 30.3 Å². The second kappa shape index (κ2) is 6.79. The van der Waals surface area contributed by atoms with Gasteiger partial charge in [0.05, 0.1) is 12.6 Å². The van der Waals surface area contributed by atoms with Crippen molar-refractivity contribution in [1.82, 2.24) is 9.80 Å². The summed E-state index contributed by atoms with van der Waals surface area (Å²) in [6.45, 7) is 2.83. The fourth-order valence-corrected chi connectivity index (χ4v) is 2.65. The Hall–Kier alpha value is -2.74. The molecule has 2 aromatic rings. The van der Waals surface area contributed by atoms with Crippen LogP contribution in [0.2, 0.25) is 0 Å². The first kappa shape index (κ1) is 16.1. The molecule has 0 unspecified atom stereocenters.